The van der Waals surface area contributed by atoms with Crippen LogP contribution in [0.25, 0.3) is 0 Å². The number of anilines is 1. The van der Waals surface area contributed by atoms with Crippen molar-refractivity contribution in [1.29, 1.82) is 0 Å². The minimum absolute atomic E-state index is 0.00196. The Balaban J connectivity index is 1.88. The molecule has 1 aromatic heterocycles. The third-order valence-corrected chi connectivity index (χ3v) is 4.28. The molecule has 0 radical (unpaired) electrons. The van der Waals surface area contributed by atoms with E-state index < -0.39 is 23.7 Å². The van der Waals surface area contributed by atoms with Crippen LogP contribution in [-0.2, 0) is 12.6 Å². The minimum Gasteiger partial charge on any atom is -0.455 e. The number of fused-ring (bicyclic) bond motifs is 1. The van der Waals surface area contributed by atoms with Crippen LogP contribution in [0.3, 0.4) is 0 Å². The number of carbonyl (C=O) groups is 2. The lowest BCUT2D eigenvalue weighted by Gasteiger charge is -2.13. The van der Waals surface area contributed by atoms with Gasteiger partial charge in [0.05, 0.1) is 11.3 Å². The number of rotatable bonds is 3. The summed E-state index contributed by atoms with van der Waals surface area (Å²) in [6, 6.07) is 3.51. The molecular weight excluding hydrogens is 377 g/mol. The molecule has 0 unspecified atom stereocenters. The van der Waals surface area contributed by atoms with Gasteiger partial charge in [0.2, 0.25) is 0 Å². The molecule has 1 aliphatic carbocycles. The van der Waals surface area contributed by atoms with Crippen LogP contribution in [0, 0.1) is 6.92 Å². The van der Waals surface area contributed by atoms with Crippen molar-refractivity contribution >= 4 is 23.3 Å². The van der Waals surface area contributed by atoms with Gasteiger partial charge < -0.3 is 15.5 Å². The first-order valence-corrected chi connectivity index (χ1v) is 8.40. The average Bonchev–Trinajstić information content (AvgIpc) is 2.97. The number of aryl methyl sites for hydroxylation is 1. The molecule has 28 heavy (non-hydrogen) atoms. The second-order valence-corrected chi connectivity index (χ2v) is 6.28. The Morgan fingerprint density at radius 3 is 2.68 bits per heavy atom. The van der Waals surface area contributed by atoms with E-state index in [9.17, 15) is 22.8 Å². The van der Waals surface area contributed by atoms with E-state index in [1.165, 1.54) is 12.1 Å². The molecule has 1 aliphatic rings. The summed E-state index contributed by atoms with van der Waals surface area (Å²) in [4.78, 5) is 23.5. The molecule has 2 aromatic rings. The fourth-order valence-electron chi connectivity index (χ4n) is 3.08. The third kappa shape index (κ3) is 4.00. The lowest BCUT2D eigenvalue weighted by atomic mass is 9.93. The topological polar surface area (TPSA) is 110 Å². The summed E-state index contributed by atoms with van der Waals surface area (Å²) >= 11 is 0. The normalized spacial score (nSPS) is 15.2. The van der Waals surface area contributed by atoms with Gasteiger partial charge in [-0.2, -0.15) is 18.3 Å². The van der Waals surface area contributed by atoms with Gasteiger partial charge in [-0.3, -0.25) is 4.79 Å². The highest BCUT2D eigenvalue weighted by molar-refractivity contribution is 6.09. The molecule has 0 saturated heterocycles. The summed E-state index contributed by atoms with van der Waals surface area (Å²) in [6.45, 7) is 1.65. The first-order chi connectivity index (χ1) is 13.2. The predicted octanol–water partition coefficient (Wildman–Crippen LogP) is 3.57. The average molecular weight is 394 g/mol. The van der Waals surface area contributed by atoms with Gasteiger partial charge in [0.1, 0.15) is 5.76 Å². The number of benzene rings is 1. The number of hydrazone groups is 1. The predicted molar refractivity (Wildman–Crippen MR) is 95.0 cm³/mol. The van der Waals surface area contributed by atoms with Crippen LogP contribution in [0.15, 0.2) is 33.8 Å². The Kier molecular flexibility index (Phi) is 5.12. The van der Waals surface area contributed by atoms with Gasteiger partial charge in [0.15, 0.2) is 5.76 Å². The Labute approximate surface area is 157 Å². The van der Waals surface area contributed by atoms with E-state index in [2.05, 4.69) is 15.8 Å². The van der Waals surface area contributed by atoms with Crippen molar-refractivity contribution in [2.45, 2.75) is 32.4 Å². The second kappa shape index (κ2) is 7.37. The zero-order chi connectivity index (χ0) is 20.5. The molecule has 0 fully saturated rings. The number of urea groups is 1. The maximum absolute atomic E-state index is 12.8. The van der Waals surface area contributed by atoms with Crippen LogP contribution in [0.2, 0.25) is 0 Å². The van der Waals surface area contributed by atoms with Crippen LogP contribution >= 0.6 is 0 Å². The number of nitrogens with two attached hydrogens (primary N) is 1. The van der Waals surface area contributed by atoms with E-state index in [1.807, 2.05) is 0 Å². The number of nitrogens with zero attached hydrogens (tertiary/aromatic N) is 1. The number of primary amides is 1. The molecule has 0 saturated carbocycles. The van der Waals surface area contributed by atoms with Crippen molar-refractivity contribution in [2.75, 3.05) is 5.32 Å². The fraction of sp³-hybridized carbons (Fsp3) is 0.278. The number of amides is 3. The molecule has 0 bridgehead atoms. The lowest BCUT2D eigenvalue weighted by Crippen LogP contribution is -2.27. The van der Waals surface area contributed by atoms with Crippen molar-refractivity contribution in [1.82, 2.24) is 5.43 Å². The molecule has 10 heteroatoms. The van der Waals surface area contributed by atoms with Gasteiger partial charge in [0, 0.05) is 23.2 Å². The molecule has 3 rings (SSSR count). The first-order valence-electron chi connectivity index (χ1n) is 8.40. The summed E-state index contributed by atoms with van der Waals surface area (Å²) < 4.78 is 44.2. The SMILES string of the molecule is Cc1c(C(=O)Nc2cccc(C(F)(F)F)c2)oc2c1/C(=N/NC(N)=O)CCC2. The molecular formula is C18H17F3N4O3. The monoisotopic (exact) mass is 394 g/mol. The summed E-state index contributed by atoms with van der Waals surface area (Å²) in [5.41, 5.74) is 7.94. The number of hydrogen-bond donors (Lipinski definition) is 3. The maximum Gasteiger partial charge on any atom is 0.416 e. The Morgan fingerprint density at radius 2 is 2.00 bits per heavy atom. The third-order valence-electron chi connectivity index (χ3n) is 4.28. The molecule has 4 N–H and O–H groups in total. The Hall–Kier alpha value is -3.30. The highest BCUT2D eigenvalue weighted by atomic mass is 19.4. The van der Waals surface area contributed by atoms with E-state index in [0.717, 1.165) is 12.1 Å². The van der Waals surface area contributed by atoms with Crippen molar-refractivity contribution < 1.29 is 27.2 Å². The Morgan fingerprint density at radius 1 is 1.25 bits per heavy atom. The van der Waals surface area contributed by atoms with Gasteiger partial charge >= 0.3 is 12.2 Å². The highest BCUT2D eigenvalue weighted by Crippen LogP contribution is 2.32. The van der Waals surface area contributed by atoms with E-state index >= 15 is 0 Å². The summed E-state index contributed by atoms with van der Waals surface area (Å²) in [5, 5.41) is 6.38. The van der Waals surface area contributed by atoms with Crippen LogP contribution in [0.5, 0.6) is 0 Å². The van der Waals surface area contributed by atoms with Crippen molar-refractivity contribution in [2.24, 2.45) is 10.8 Å². The van der Waals surface area contributed by atoms with Gasteiger partial charge in [-0.15, -0.1) is 0 Å². The lowest BCUT2D eigenvalue weighted by molar-refractivity contribution is -0.137. The standard InChI is InChI=1S/C18H17F3N4O3/c1-9-14-12(24-25-17(22)27)6-3-7-13(14)28-15(9)16(26)23-11-5-2-4-10(8-11)18(19,20)21/h2,4-5,8H,3,6-7H2,1H3,(H,23,26)(H3,22,25,27)/b24-12+. The van der Waals surface area contributed by atoms with Crippen molar-refractivity contribution in [3.63, 3.8) is 0 Å². The molecule has 0 atom stereocenters. The number of halogens is 3. The van der Waals surface area contributed by atoms with E-state index in [1.54, 1.807) is 6.92 Å². The summed E-state index contributed by atoms with van der Waals surface area (Å²) in [5.74, 6) is -0.160. The molecule has 0 aliphatic heterocycles. The number of carbonyl (C=O) groups excluding carboxylic acids is 2. The van der Waals surface area contributed by atoms with Crippen LogP contribution in [-0.4, -0.2) is 17.6 Å². The van der Waals surface area contributed by atoms with E-state index in [0.29, 0.717) is 41.9 Å². The van der Waals surface area contributed by atoms with E-state index in [4.69, 9.17) is 10.2 Å². The van der Waals surface area contributed by atoms with Crippen LogP contribution in [0.1, 0.15) is 45.8 Å². The maximum atomic E-state index is 12.8. The first kappa shape index (κ1) is 19.5. The number of hydrogen-bond acceptors (Lipinski definition) is 4. The van der Waals surface area contributed by atoms with E-state index in [-0.39, 0.29) is 11.4 Å². The summed E-state index contributed by atoms with van der Waals surface area (Å²) in [7, 11) is 0. The zero-order valence-electron chi connectivity index (χ0n) is 14.8. The molecule has 1 heterocycles. The van der Waals surface area contributed by atoms with Crippen molar-refractivity contribution in [3.05, 3.63) is 52.5 Å². The molecule has 148 valence electrons. The number of nitrogens with one attached hydrogen (secondary N) is 2. The smallest absolute Gasteiger partial charge is 0.416 e. The molecule has 1 aromatic carbocycles. The quantitative estimate of drug-likeness (QED) is 0.692. The molecule has 0 spiro atoms. The van der Waals surface area contributed by atoms with Crippen LogP contribution < -0.4 is 16.5 Å². The van der Waals surface area contributed by atoms with Gasteiger partial charge in [-0.1, -0.05) is 6.07 Å². The number of furan rings is 1. The fourth-order valence-corrected chi connectivity index (χ4v) is 3.08. The second-order valence-electron chi connectivity index (χ2n) is 6.28. The molecule has 3 amide bonds. The minimum atomic E-state index is -4.51. The highest BCUT2D eigenvalue weighted by Gasteiger charge is 2.31. The van der Waals surface area contributed by atoms with Gasteiger partial charge in [0.25, 0.3) is 5.91 Å². The van der Waals surface area contributed by atoms with Gasteiger partial charge in [-0.05, 0) is 38.0 Å². The zero-order valence-corrected chi connectivity index (χ0v) is 14.8. The van der Waals surface area contributed by atoms with Crippen molar-refractivity contribution in [3.8, 4) is 0 Å². The largest absolute Gasteiger partial charge is 0.455 e. The number of alkyl halides is 3. The Bertz CT molecular complexity index is 963. The van der Waals surface area contributed by atoms with Crippen LogP contribution in [0.4, 0.5) is 23.7 Å². The van der Waals surface area contributed by atoms with Gasteiger partial charge in [-0.25, -0.2) is 10.2 Å². The molecule has 7 nitrogen and oxygen atoms in total. The summed E-state index contributed by atoms with van der Waals surface area (Å²) in [6.07, 6.45) is -2.68.